The Balaban J connectivity index is 1.55. The Morgan fingerprint density at radius 2 is 2.00 bits per heavy atom. The molecule has 5 heteroatoms. The summed E-state index contributed by atoms with van der Waals surface area (Å²) in [7, 11) is 0. The van der Waals surface area contributed by atoms with Gasteiger partial charge in [0.25, 0.3) is 0 Å². The number of benzene rings is 2. The molecule has 0 aliphatic rings. The smallest absolute Gasteiger partial charge is 0.220 e. The molecular weight excluding hydrogens is 318 g/mol. The van der Waals surface area contributed by atoms with Gasteiger partial charge in [0, 0.05) is 12.8 Å². The third-order valence-corrected chi connectivity index (χ3v) is 4.92. The van der Waals surface area contributed by atoms with E-state index in [0.29, 0.717) is 18.4 Å². The molecule has 0 aliphatic heterocycles. The van der Waals surface area contributed by atoms with Crippen LogP contribution in [0.4, 0.5) is 0 Å². The number of thiazole rings is 1. The first kappa shape index (κ1) is 16.2. The average Bonchev–Trinajstić information content (AvgIpc) is 3.03. The minimum Gasteiger partial charge on any atom is -0.350 e. The van der Waals surface area contributed by atoms with E-state index < -0.39 is 0 Å². The van der Waals surface area contributed by atoms with Crippen molar-refractivity contribution in [2.75, 3.05) is 0 Å². The van der Waals surface area contributed by atoms with Crippen molar-refractivity contribution >= 4 is 27.5 Å². The van der Waals surface area contributed by atoms with Gasteiger partial charge in [-0.15, -0.1) is 11.3 Å². The van der Waals surface area contributed by atoms with Gasteiger partial charge in [0.05, 0.1) is 32.9 Å². The van der Waals surface area contributed by atoms with Crippen molar-refractivity contribution in [3.05, 3.63) is 64.7 Å². The Morgan fingerprint density at radius 3 is 2.71 bits per heavy atom. The Morgan fingerprint density at radius 1 is 1.25 bits per heavy atom. The van der Waals surface area contributed by atoms with Crippen molar-refractivity contribution in [1.29, 1.82) is 5.26 Å². The zero-order valence-corrected chi connectivity index (χ0v) is 14.1. The van der Waals surface area contributed by atoms with Gasteiger partial charge in [-0.05, 0) is 36.8 Å². The molecule has 0 bridgehead atoms. The van der Waals surface area contributed by atoms with Crippen LogP contribution in [0, 0.1) is 11.3 Å². The quantitative estimate of drug-likeness (QED) is 0.767. The number of aryl methyl sites for hydroxylation is 1. The summed E-state index contributed by atoms with van der Waals surface area (Å²) < 4.78 is 1.15. The summed E-state index contributed by atoms with van der Waals surface area (Å²) in [5.74, 6) is 0.00566. The summed E-state index contributed by atoms with van der Waals surface area (Å²) in [6, 6.07) is 17.3. The number of hydrogen-bond donors (Lipinski definition) is 1. The van der Waals surface area contributed by atoms with E-state index in [4.69, 9.17) is 5.26 Å². The second-order valence-electron chi connectivity index (χ2n) is 5.60. The standard InChI is InChI=1S/C19H17N3OS/c1-13(15-8-6-14(12-20)7-9-15)21-18(23)10-11-19-22-16-4-2-3-5-17(16)24-19/h2-9,13H,10-11H2,1H3,(H,21,23). The lowest BCUT2D eigenvalue weighted by Crippen LogP contribution is -2.26. The normalized spacial score (nSPS) is 11.8. The fraction of sp³-hybridized carbons (Fsp3) is 0.211. The Kier molecular flexibility index (Phi) is 4.88. The molecule has 120 valence electrons. The maximum absolute atomic E-state index is 12.2. The predicted molar refractivity (Wildman–Crippen MR) is 95.7 cm³/mol. The van der Waals surface area contributed by atoms with Gasteiger partial charge in [0.15, 0.2) is 0 Å². The maximum Gasteiger partial charge on any atom is 0.220 e. The highest BCUT2D eigenvalue weighted by molar-refractivity contribution is 7.18. The topological polar surface area (TPSA) is 65.8 Å². The molecular formula is C19H17N3OS. The number of para-hydroxylation sites is 1. The van der Waals surface area contributed by atoms with E-state index in [1.807, 2.05) is 43.3 Å². The second-order valence-corrected chi connectivity index (χ2v) is 6.71. The van der Waals surface area contributed by atoms with Crippen LogP contribution in [0.5, 0.6) is 0 Å². The first-order valence-electron chi connectivity index (χ1n) is 7.79. The number of rotatable bonds is 5. The van der Waals surface area contributed by atoms with Gasteiger partial charge in [-0.1, -0.05) is 24.3 Å². The number of nitrogens with zero attached hydrogens (tertiary/aromatic N) is 2. The van der Waals surface area contributed by atoms with Gasteiger partial charge < -0.3 is 5.32 Å². The molecule has 1 atom stereocenters. The van der Waals surface area contributed by atoms with Gasteiger partial charge in [0.2, 0.25) is 5.91 Å². The molecule has 1 N–H and O–H groups in total. The highest BCUT2D eigenvalue weighted by atomic mass is 32.1. The highest BCUT2D eigenvalue weighted by Crippen LogP contribution is 2.22. The number of carbonyl (C=O) groups excluding carboxylic acids is 1. The van der Waals surface area contributed by atoms with Crippen molar-refractivity contribution < 1.29 is 4.79 Å². The van der Waals surface area contributed by atoms with E-state index >= 15 is 0 Å². The molecule has 3 rings (SSSR count). The molecule has 1 unspecified atom stereocenters. The van der Waals surface area contributed by atoms with Crippen LogP contribution in [0.15, 0.2) is 48.5 Å². The fourth-order valence-corrected chi connectivity index (χ4v) is 3.46. The van der Waals surface area contributed by atoms with Crippen molar-refractivity contribution in [3.63, 3.8) is 0 Å². The fourth-order valence-electron chi connectivity index (χ4n) is 2.49. The molecule has 0 aliphatic carbocycles. The van der Waals surface area contributed by atoms with Gasteiger partial charge in [-0.3, -0.25) is 4.79 Å². The SMILES string of the molecule is CC(NC(=O)CCc1nc2ccccc2s1)c1ccc(C#N)cc1. The minimum absolute atomic E-state index is 0.00566. The van der Waals surface area contributed by atoms with E-state index in [2.05, 4.69) is 16.4 Å². The van der Waals surface area contributed by atoms with Crippen molar-refractivity contribution in [2.45, 2.75) is 25.8 Å². The average molecular weight is 335 g/mol. The number of amides is 1. The van der Waals surface area contributed by atoms with Crippen molar-refractivity contribution in [1.82, 2.24) is 10.3 Å². The number of hydrogen-bond acceptors (Lipinski definition) is 4. The Bertz CT molecular complexity index is 860. The van der Waals surface area contributed by atoms with Crippen LogP contribution < -0.4 is 5.32 Å². The molecule has 1 aromatic heterocycles. The summed E-state index contributed by atoms with van der Waals surface area (Å²) in [5.41, 5.74) is 2.60. The molecule has 0 spiro atoms. The van der Waals surface area contributed by atoms with Gasteiger partial charge in [-0.2, -0.15) is 5.26 Å². The molecule has 1 heterocycles. The first-order chi connectivity index (χ1) is 11.7. The number of nitriles is 1. The third-order valence-electron chi connectivity index (χ3n) is 3.82. The number of carbonyl (C=O) groups is 1. The zero-order chi connectivity index (χ0) is 16.9. The molecule has 0 fully saturated rings. The summed E-state index contributed by atoms with van der Waals surface area (Å²) in [6.45, 7) is 1.94. The van der Waals surface area contributed by atoms with E-state index in [1.54, 1.807) is 23.5 Å². The molecule has 2 aromatic carbocycles. The van der Waals surface area contributed by atoms with E-state index in [0.717, 1.165) is 20.8 Å². The molecule has 1 amide bonds. The molecule has 0 saturated heterocycles. The van der Waals surface area contributed by atoms with Gasteiger partial charge in [0.1, 0.15) is 0 Å². The number of aromatic nitrogens is 1. The molecule has 0 radical (unpaired) electrons. The third kappa shape index (κ3) is 3.79. The van der Waals surface area contributed by atoms with Crippen molar-refractivity contribution in [2.24, 2.45) is 0 Å². The molecule has 24 heavy (non-hydrogen) atoms. The van der Waals surface area contributed by atoms with E-state index in [-0.39, 0.29) is 11.9 Å². The van der Waals surface area contributed by atoms with Crippen molar-refractivity contribution in [3.8, 4) is 6.07 Å². The van der Waals surface area contributed by atoms with Crippen LogP contribution in [0.25, 0.3) is 10.2 Å². The van der Waals surface area contributed by atoms with Crippen LogP contribution in [-0.2, 0) is 11.2 Å². The highest BCUT2D eigenvalue weighted by Gasteiger charge is 2.11. The van der Waals surface area contributed by atoms with Crippen LogP contribution in [0.2, 0.25) is 0 Å². The largest absolute Gasteiger partial charge is 0.350 e. The first-order valence-corrected chi connectivity index (χ1v) is 8.61. The molecule has 4 nitrogen and oxygen atoms in total. The summed E-state index contributed by atoms with van der Waals surface area (Å²) in [4.78, 5) is 16.7. The Labute approximate surface area is 144 Å². The van der Waals surface area contributed by atoms with Crippen LogP contribution in [0.3, 0.4) is 0 Å². The predicted octanol–water partition coefficient (Wildman–Crippen LogP) is 3.98. The summed E-state index contributed by atoms with van der Waals surface area (Å²) >= 11 is 1.64. The summed E-state index contributed by atoms with van der Waals surface area (Å²) in [6.07, 6.45) is 1.06. The monoisotopic (exact) mass is 335 g/mol. The van der Waals surface area contributed by atoms with E-state index in [1.165, 1.54) is 0 Å². The summed E-state index contributed by atoms with van der Waals surface area (Å²) in [5, 5.41) is 12.8. The lowest BCUT2D eigenvalue weighted by Gasteiger charge is -2.14. The number of fused-ring (bicyclic) bond motifs is 1. The number of nitrogens with one attached hydrogen (secondary N) is 1. The van der Waals surface area contributed by atoms with E-state index in [9.17, 15) is 4.79 Å². The lowest BCUT2D eigenvalue weighted by molar-refractivity contribution is -0.121. The Hall–Kier alpha value is -2.71. The molecule has 3 aromatic rings. The maximum atomic E-state index is 12.2. The minimum atomic E-state index is -0.0828. The second kappa shape index (κ2) is 7.24. The van der Waals surface area contributed by atoms with Gasteiger partial charge in [-0.25, -0.2) is 4.98 Å². The van der Waals surface area contributed by atoms with Crippen LogP contribution in [-0.4, -0.2) is 10.9 Å². The lowest BCUT2D eigenvalue weighted by atomic mass is 10.1. The zero-order valence-electron chi connectivity index (χ0n) is 13.3. The van der Waals surface area contributed by atoms with Crippen LogP contribution >= 0.6 is 11.3 Å². The molecule has 0 saturated carbocycles. The van der Waals surface area contributed by atoms with Crippen LogP contribution in [0.1, 0.15) is 35.5 Å². The van der Waals surface area contributed by atoms with Gasteiger partial charge >= 0.3 is 0 Å².